The smallest absolute Gasteiger partial charge is 0.276 e. The Balaban J connectivity index is 1.36. The van der Waals surface area contributed by atoms with Crippen molar-refractivity contribution < 1.29 is 18.8 Å². The van der Waals surface area contributed by atoms with E-state index < -0.39 is 11.7 Å². The molecule has 1 aromatic heterocycles. The summed E-state index contributed by atoms with van der Waals surface area (Å²) in [6.45, 7) is 2.62. The maximum absolute atomic E-state index is 13.5. The van der Waals surface area contributed by atoms with Crippen molar-refractivity contribution in [3.63, 3.8) is 0 Å². The number of benzene rings is 2. The number of amides is 3. The van der Waals surface area contributed by atoms with Crippen LogP contribution in [0, 0.1) is 5.82 Å². The van der Waals surface area contributed by atoms with Crippen LogP contribution >= 0.6 is 0 Å². The van der Waals surface area contributed by atoms with Crippen LogP contribution in [-0.2, 0) is 29.6 Å². The predicted molar refractivity (Wildman–Crippen MR) is 129 cm³/mol. The molecule has 0 aliphatic carbocycles. The van der Waals surface area contributed by atoms with Crippen LogP contribution in [-0.4, -0.2) is 38.9 Å². The van der Waals surface area contributed by atoms with Gasteiger partial charge in [-0.1, -0.05) is 36.4 Å². The van der Waals surface area contributed by atoms with E-state index >= 15 is 0 Å². The molecule has 1 aliphatic heterocycles. The lowest BCUT2D eigenvalue weighted by Crippen LogP contribution is -2.37. The molecule has 8 nitrogen and oxygen atoms in total. The highest BCUT2D eigenvalue weighted by atomic mass is 19.1. The summed E-state index contributed by atoms with van der Waals surface area (Å²) in [5, 5.41) is 9.94. The number of nitrogens with one attached hydrogen (secondary N) is 2. The summed E-state index contributed by atoms with van der Waals surface area (Å²) in [6.07, 6.45) is 0.710. The van der Waals surface area contributed by atoms with Gasteiger partial charge in [-0.05, 0) is 30.7 Å². The third kappa shape index (κ3) is 5.74. The van der Waals surface area contributed by atoms with Gasteiger partial charge in [0.05, 0.1) is 6.04 Å². The van der Waals surface area contributed by atoms with Crippen molar-refractivity contribution in [1.82, 2.24) is 20.0 Å². The molecule has 1 atom stereocenters. The minimum Gasteiger partial charge on any atom is -0.350 e. The number of carbonyl (C=O) groups is 3. The van der Waals surface area contributed by atoms with E-state index in [0.717, 1.165) is 11.3 Å². The Morgan fingerprint density at radius 3 is 2.60 bits per heavy atom. The van der Waals surface area contributed by atoms with Gasteiger partial charge < -0.3 is 15.5 Å². The largest absolute Gasteiger partial charge is 0.350 e. The molecule has 2 N–H and O–H groups in total. The van der Waals surface area contributed by atoms with Crippen molar-refractivity contribution in [1.29, 1.82) is 0 Å². The molecule has 182 valence electrons. The Labute approximate surface area is 203 Å². The average Bonchev–Trinajstić information content (AvgIpc) is 3.19. The molecule has 0 bridgehead atoms. The molecule has 1 aliphatic rings. The third-order valence-electron chi connectivity index (χ3n) is 6.14. The molecule has 3 aromatic rings. The van der Waals surface area contributed by atoms with E-state index in [4.69, 9.17) is 0 Å². The van der Waals surface area contributed by atoms with Crippen molar-refractivity contribution in [2.24, 2.45) is 7.05 Å². The summed E-state index contributed by atoms with van der Waals surface area (Å²) in [5.41, 5.74) is 3.08. The minimum absolute atomic E-state index is 0.0771. The number of halogens is 1. The topological polar surface area (TPSA) is 96.3 Å². The molecule has 2 heterocycles. The zero-order chi connectivity index (χ0) is 24.9. The number of nitrogens with zero attached hydrogens (tertiary/aromatic N) is 3. The lowest BCUT2D eigenvalue weighted by atomic mass is 10.0. The second kappa shape index (κ2) is 10.5. The first-order chi connectivity index (χ1) is 16.8. The van der Waals surface area contributed by atoms with Gasteiger partial charge in [0.25, 0.3) is 5.91 Å². The van der Waals surface area contributed by atoms with Gasteiger partial charge in [-0.3, -0.25) is 19.1 Å². The lowest BCUT2D eigenvalue weighted by Gasteiger charge is -2.27. The molecule has 0 saturated carbocycles. The summed E-state index contributed by atoms with van der Waals surface area (Å²) < 4.78 is 15.1. The fourth-order valence-electron chi connectivity index (χ4n) is 4.26. The second-order valence-corrected chi connectivity index (χ2v) is 8.63. The zero-order valence-electron chi connectivity index (χ0n) is 19.8. The average molecular weight is 478 g/mol. The van der Waals surface area contributed by atoms with E-state index in [1.54, 1.807) is 22.7 Å². The fourth-order valence-corrected chi connectivity index (χ4v) is 4.26. The van der Waals surface area contributed by atoms with E-state index in [9.17, 15) is 18.8 Å². The van der Waals surface area contributed by atoms with Gasteiger partial charge in [-0.2, -0.15) is 5.10 Å². The van der Waals surface area contributed by atoms with Crippen molar-refractivity contribution in [3.8, 4) is 0 Å². The summed E-state index contributed by atoms with van der Waals surface area (Å²) in [6, 6.07) is 15.1. The first-order valence-electron chi connectivity index (χ1n) is 11.6. The monoisotopic (exact) mass is 477 g/mol. The molecule has 0 fully saturated rings. The van der Waals surface area contributed by atoms with Crippen LogP contribution < -0.4 is 10.6 Å². The van der Waals surface area contributed by atoms with Gasteiger partial charge in [0.1, 0.15) is 5.82 Å². The van der Waals surface area contributed by atoms with E-state index in [-0.39, 0.29) is 42.9 Å². The first-order valence-corrected chi connectivity index (χ1v) is 11.6. The summed E-state index contributed by atoms with van der Waals surface area (Å²) >= 11 is 0. The highest BCUT2D eigenvalue weighted by molar-refractivity contribution is 6.04. The van der Waals surface area contributed by atoms with Crippen LogP contribution in [0.2, 0.25) is 0 Å². The van der Waals surface area contributed by atoms with Crippen LogP contribution in [0.25, 0.3) is 0 Å². The predicted octanol–water partition coefficient (Wildman–Crippen LogP) is 3.35. The van der Waals surface area contributed by atoms with Crippen LogP contribution in [0.3, 0.4) is 0 Å². The SMILES string of the molecule is CC(NC(=O)CCC(=O)N1CCc2c(c(C(=O)Nc3cccc(F)c3)nn2C)C1)c1ccccc1. The van der Waals surface area contributed by atoms with Crippen molar-refractivity contribution in [2.75, 3.05) is 11.9 Å². The summed E-state index contributed by atoms with van der Waals surface area (Å²) in [7, 11) is 1.76. The van der Waals surface area contributed by atoms with E-state index in [2.05, 4.69) is 15.7 Å². The van der Waals surface area contributed by atoms with Crippen molar-refractivity contribution in [2.45, 2.75) is 38.8 Å². The normalized spacial score (nSPS) is 13.6. The molecule has 35 heavy (non-hydrogen) atoms. The molecular formula is C26H28FN5O3. The Morgan fingerprint density at radius 1 is 1.09 bits per heavy atom. The molecule has 1 unspecified atom stereocenters. The quantitative estimate of drug-likeness (QED) is 0.546. The van der Waals surface area contributed by atoms with E-state index in [0.29, 0.717) is 24.2 Å². The van der Waals surface area contributed by atoms with E-state index in [1.165, 1.54) is 18.2 Å². The van der Waals surface area contributed by atoms with Crippen LogP contribution in [0.1, 0.15) is 53.1 Å². The number of rotatable bonds is 7. The number of carbonyl (C=O) groups excluding carboxylic acids is 3. The molecular weight excluding hydrogens is 449 g/mol. The molecule has 4 rings (SSSR count). The van der Waals surface area contributed by atoms with Gasteiger partial charge in [-0.15, -0.1) is 0 Å². The Morgan fingerprint density at radius 2 is 1.86 bits per heavy atom. The van der Waals surface area contributed by atoms with Gasteiger partial charge in [0.2, 0.25) is 11.8 Å². The molecule has 3 amide bonds. The van der Waals surface area contributed by atoms with Gasteiger partial charge in [0.15, 0.2) is 5.69 Å². The first kappa shape index (κ1) is 24.1. The molecule has 9 heteroatoms. The van der Waals surface area contributed by atoms with Crippen molar-refractivity contribution >= 4 is 23.4 Å². The van der Waals surface area contributed by atoms with Crippen LogP contribution in [0.15, 0.2) is 54.6 Å². The van der Waals surface area contributed by atoms with Crippen LogP contribution in [0.5, 0.6) is 0 Å². The Kier molecular flexibility index (Phi) is 7.24. The maximum atomic E-state index is 13.5. The molecule has 0 saturated heterocycles. The van der Waals surface area contributed by atoms with Gasteiger partial charge >= 0.3 is 0 Å². The molecule has 0 spiro atoms. The number of hydrogen-bond acceptors (Lipinski definition) is 4. The van der Waals surface area contributed by atoms with Gasteiger partial charge in [0, 0.05) is 56.3 Å². The third-order valence-corrected chi connectivity index (χ3v) is 6.14. The van der Waals surface area contributed by atoms with E-state index in [1.807, 2.05) is 37.3 Å². The standard InChI is InChI=1S/C26H28FN5O3/c1-17(18-7-4-3-5-8-18)28-23(33)11-12-24(34)32-14-13-22-21(16-32)25(30-31(22)2)26(35)29-20-10-6-9-19(27)15-20/h3-10,15,17H,11-14,16H2,1-2H3,(H,28,33)(H,29,35). The van der Waals surface area contributed by atoms with Crippen molar-refractivity contribution in [3.05, 3.63) is 82.9 Å². The maximum Gasteiger partial charge on any atom is 0.276 e. The number of hydrogen-bond donors (Lipinski definition) is 2. The van der Waals surface area contributed by atoms with Gasteiger partial charge in [-0.25, -0.2) is 4.39 Å². The number of aryl methyl sites for hydroxylation is 1. The summed E-state index contributed by atoms with van der Waals surface area (Å²) in [4.78, 5) is 39.7. The number of fused-ring (bicyclic) bond motifs is 1. The number of aromatic nitrogens is 2. The highest BCUT2D eigenvalue weighted by Gasteiger charge is 2.29. The second-order valence-electron chi connectivity index (χ2n) is 8.63. The van der Waals surface area contributed by atoms with Crippen LogP contribution in [0.4, 0.5) is 10.1 Å². The fraction of sp³-hybridized carbons (Fsp3) is 0.308. The molecule has 2 aromatic carbocycles. The highest BCUT2D eigenvalue weighted by Crippen LogP contribution is 2.24. The number of anilines is 1. The zero-order valence-corrected chi connectivity index (χ0v) is 19.8. The minimum atomic E-state index is -0.462. The lowest BCUT2D eigenvalue weighted by molar-refractivity contribution is -0.134. The molecule has 0 radical (unpaired) electrons. The Hall–Kier alpha value is -4.01. The summed E-state index contributed by atoms with van der Waals surface area (Å²) in [5.74, 6) is -1.26. The Bertz CT molecular complexity index is 1240.